The zero-order valence-electron chi connectivity index (χ0n) is 17.0. The molecule has 0 aliphatic carbocycles. The lowest BCUT2D eigenvalue weighted by Crippen LogP contribution is -2.14. The molecule has 0 saturated carbocycles. The molecule has 0 aliphatic rings. The van der Waals surface area contributed by atoms with Crippen LogP contribution < -0.4 is 14.8 Å². The summed E-state index contributed by atoms with van der Waals surface area (Å²) in [5, 5.41) is 8.40. The Morgan fingerprint density at radius 1 is 1.03 bits per heavy atom. The fourth-order valence-corrected chi connectivity index (χ4v) is 3.34. The van der Waals surface area contributed by atoms with Crippen molar-refractivity contribution in [3.8, 4) is 17.2 Å². The van der Waals surface area contributed by atoms with Crippen LogP contribution in [0.1, 0.15) is 11.3 Å². The first-order valence-corrected chi connectivity index (χ1v) is 9.50. The maximum atomic E-state index is 12.6. The number of para-hydroxylation sites is 1. The van der Waals surface area contributed by atoms with Crippen molar-refractivity contribution in [3.63, 3.8) is 0 Å². The number of methoxy groups -OCH3 is 2. The first kappa shape index (κ1) is 19.4. The number of benzene rings is 2. The van der Waals surface area contributed by atoms with Crippen LogP contribution in [0.2, 0.25) is 0 Å². The van der Waals surface area contributed by atoms with E-state index in [2.05, 4.69) is 15.4 Å². The van der Waals surface area contributed by atoms with Crippen LogP contribution in [0, 0.1) is 6.92 Å². The number of amides is 1. The number of pyridine rings is 1. The number of nitrogens with zero attached hydrogens (tertiary/aromatic N) is 3. The van der Waals surface area contributed by atoms with Crippen LogP contribution in [-0.4, -0.2) is 34.9 Å². The van der Waals surface area contributed by atoms with Crippen molar-refractivity contribution in [2.24, 2.45) is 0 Å². The number of anilines is 1. The molecule has 152 valence electrons. The lowest BCUT2D eigenvalue weighted by molar-refractivity contribution is -0.115. The van der Waals surface area contributed by atoms with E-state index in [1.165, 1.54) is 0 Å². The molecule has 2 heterocycles. The molecule has 0 atom stereocenters. The second-order valence-corrected chi connectivity index (χ2v) is 6.84. The van der Waals surface area contributed by atoms with Gasteiger partial charge >= 0.3 is 0 Å². The zero-order valence-corrected chi connectivity index (χ0v) is 17.0. The maximum absolute atomic E-state index is 12.6. The molecule has 0 radical (unpaired) electrons. The first-order chi connectivity index (χ1) is 14.6. The molecule has 0 aliphatic heterocycles. The van der Waals surface area contributed by atoms with Gasteiger partial charge in [-0.25, -0.2) is 9.67 Å². The Bertz CT molecular complexity index is 1200. The number of aromatic nitrogens is 3. The van der Waals surface area contributed by atoms with Crippen LogP contribution in [-0.2, 0) is 11.2 Å². The SMILES string of the molecule is COc1ccc(CC(=O)Nc2cnc3c(c2)c(C)nn3-c2ccccc2)cc1OC. The van der Waals surface area contributed by atoms with E-state index in [9.17, 15) is 4.79 Å². The Kier molecular flexibility index (Phi) is 5.34. The van der Waals surface area contributed by atoms with Gasteiger partial charge in [0.05, 0.1) is 43.9 Å². The normalized spacial score (nSPS) is 10.8. The van der Waals surface area contributed by atoms with Crippen LogP contribution >= 0.6 is 0 Å². The average Bonchev–Trinajstić information content (AvgIpc) is 3.10. The quantitative estimate of drug-likeness (QED) is 0.529. The standard InChI is InChI=1S/C23H22N4O3/c1-15-19-13-17(14-24-23(19)27(26-15)18-7-5-4-6-8-18)25-22(28)12-16-9-10-20(29-2)21(11-16)30-3/h4-11,13-14H,12H2,1-3H3,(H,25,28). The molecule has 0 saturated heterocycles. The number of aryl methyl sites for hydroxylation is 1. The first-order valence-electron chi connectivity index (χ1n) is 9.50. The van der Waals surface area contributed by atoms with E-state index < -0.39 is 0 Å². The number of ether oxygens (including phenoxy) is 2. The summed E-state index contributed by atoms with van der Waals surface area (Å²) in [7, 11) is 3.15. The van der Waals surface area contributed by atoms with Gasteiger partial charge in [0.15, 0.2) is 17.1 Å². The van der Waals surface area contributed by atoms with Crippen molar-refractivity contribution in [1.82, 2.24) is 14.8 Å². The third kappa shape index (κ3) is 3.82. The molecule has 7 heteroatoms. The topological polar surface area (TPSA) is 78.3 Å². The number of carbonyl (C=O) groups excluding carboxylic acids is 1. The Labute approximate surface area is 174 Å². The van der Waals surface area contributed by atoms with Crippen LogP contribution in [0.4, 0.5) is 5.69 Å². The van der Waals surface area contributed by atoms with E-state index in [1.54, 1.807) is 37.2 Å². The lowest BCUT2D eigenvalue weighted by atomic mass is 10.1. The van der Waals surface area contributed by atoms with E-state index in [-0.39, 0.29) is 12.3 Å². The van der Waals surface area contributed by atoms with E-state index in [0.717, 1.165) is 28.0 Å². The summed E-state index contributed by atoms with van der Waals surface area (Å²) in [5.74, 6) is 1.08. The molecule has 4 aromatic rings. The fraction of sp³-hybridized carbons (Fsp3) is 0.174. The summed E-state index contributed by atoms with van der Waals surface area (Å²) in [5.41, 5.74) is 3.98. The fourth-order valence-electron chi connectivity index (χ4n) is 3.34. The molecule has 2 aromatic carbocycles. The monoisotopic (exact) mass is 402 g/mol. The smallest absolute Gasteiger partial charge is 0.228 e. The molecule has 4 rings (SSSR count). The summed E-state index contributed by atoms with van der Waals surface area (Å²) in [6.07, 6.45) is 1.86. The summed E-state index contributed by atoms with van der Waals surface area (Å²) in [4.78, 5) is 17.1. The molecule has 0 spiro atoms. The van der Waals surface area contributed by atoms with Crippen molar-refractivity contribution >= 4 is 22.6 Å². The van der Waals surface area contributed by atoms with Crippen molar-refractivity contribution in [2.45, 2.75) is 13.3 Å². The van der Waals surface area contributed by atoms with Gasteiger partial charge in [0.1, 0.15) is 0 Å². The molecule has 1 N–H and O–H groups in total. The molecule has 0 fully saturated rings. The predicted octanol–water partition coefficient (Wildman–Crippen LogP) is 3.93. The van der Waals surface area contributed by atoms with Gasteiger partial charge in [-0.3, -0.25) is 4.79 Å². The number of fused-ring (bicyclic) bond motifs is 1. The van der Waals surface area contributed by atoms with Crippen molar-refractivity contribution in [1.29, 1.82) is 0 Å². The Morgan fingerprint density at radius 2 is 1.80 bits per heavy atom. The maximum Gasteiger partial charge on any atom is 0.228 e. The predicted molar refractivity (Wildman–Crippen MR) is 115 cm³/mol. The second-order valence-electron chi connectivity index (χ2n) is 6.84. The third-order valence-corrected chi connectivity index (χ3v) is 4.80. The van der Waals surface area contributed by atoms with Crippen LogP contribution in [0.25, 0.3) is 16.7 Å². The summed E-state index contributed by atoms with van der Waals surface area (Å²) in [6.45, 7) is 1.93. The summed E-state index contributed by atoms with van der Waals surface area (Å²) < 4.78 is 12.3. The number of rotatable bonds is 6. The Balaban J connectivity index is 1.54. The molecule has 0 unspecified atom stereocenters. The highest BCUT2D eigenvalue weighted by Crippen LogP contribution is 2.28. The van der Waals surface area contributed by atoms with Gasteiger partial charge in [-0.1, -0.05) is 24.3 Å². The lowest BCUT2D eigenvalue weighted by Gasteiger charge is -2.10. The number of hydrogen-bond acceptors (Lipinski definition) is 5. The van der Waals surface area contributed by atoms with Crippen LogP contribution in [0.3, 0.4) is 0 Å². The van der Waals surface area contributed by atoms with Crippen LogP contribution in [0.15, 0.2) is 60.8 Å². The summed E-state index contributed by atoms with van der Waals surface area (Å²) in [6, 6.07) is 17.2. The van der Waals surface area contributed by atoms with Gasteiger partial charge in [0, 0.05) is 5.39 Å². The molecule has 0 bridgehead atoms. The highest BCUT2D eigenvalue weighted by Gasteiger charge is 2.13. The van der Waals surface area contributed by atoms with Gasteiger partial charge in [0.2, 0.25) is 5.91 Å². The highest BCUT2D eigenvalue weighted by molar-refractivity contribution is 5.94. The molecular weight excluding hydrogens is 380 g/mol. The minimum Gasteiger partial charge on any atom is -0.493 e. The van der Waals surface area contributed by atoms with E-state index in [1.807, 2.05) is 49.4 Å². The number of carbonyl (C=O) groups is 1. The molecule has 1 amide bonds. The third-order valence-electron chi connectivity index (χ3n) is 4.80. The summed E-state index contributed by atoms with van der Waals surface area (Å²) >= 11 is 0. The van der Waals surface area contributed by atoms with E-state index >= 15 is 0 Å². The van der Waals surface area contributed by atoms with Crippen molar-refractivity contribution < 1.29 is 14.3 Å². The van der Waals surface area contributed by atoms with E-state index in [0.29, 0.717) is 17.2 Å². The Hall–Kier alpha value is -3.87. The van der Waals surface area contributed by atoms with Gasteiger partial charge in [-0.05, 0) is 42.8 Å². The van der Waals surface area contributed by atoms with Crippen LogP contribution in [0.5, 0.6) is 11.5 Å². The van der Waals surface area contributed by atoms with Gasteiger partial charge < -0.3 is 14.8 Å². The second kappa shape index (κ2) is 8.24. The molecular formula is C23H22N4O3. The molecule has 7 nitrogen and oxygen atoms in total. The zero-order chi connectivity index (χ0) is 21.1. The number of nitrogens with one attached hydrogen (secondary N) is 1. The molecule has 30 heavy (non-hydrogen) atoms. The average molecular weight is 402 g/mol. The van der Waals surface area contributed by atoms with Gasteiger partial charge in [0.25, 0.3) is 0 Å². The minimum atomic E-state index is -0.142. The van der Waals surface area contributed by atoms with Gasteiger partial charge in [-0.15, -0.1) is 0 Å². The van der Waals surface area contributed by atoms with Crippen molar-refractivity contribution in [3.05, 3.63) is 72.1 Å². The number of hydrogen-bond donors (Lipinski definition) is 1. The highest BCUT2D eigenvalue weighted by atomic mass is 16.5. The van der Waals surface area contributed by atoms with Gasteiger partial charge in [-0.2, -0.15) is 5.10 Å². The minimum absolute atomic E-state index is 0.142. The van der Waals surface area contributed by atoms with Crippen molar-refractivity contribution in [2.75, 3.05) is 19.5 Å². The largest absolute Gasteiger partial charge is 0.493 e. The van der Waals surface area contributed by atoms with E-state index in [4.69, 9.17) is 9.47 Å². The Morgan fingerprint density at radius 3 is 2.53 bits per heavy atom. The molecule has 2 aromatic heterocycles.